The van der Waals surface area contributed by atoms with Crippen LogP contribution >= 0.6 is 22.9 Å². The van der Waals surface area contributed by atoms with E-state index < -0.39 is 21.8 Å². The third-order valence-corrected chi connectivity index (χ3v) is 8.27. The van der Waals surface area contributed by atoms with Gasteiger partial charge in [0.1, 0.15) is 11.9 Å². The third-order valence-electron chi connectivity index (χ3n) is 4.91. The summed E-state index contributed by atoms with van der Waals surface area (Å²) >= 11 is 7.32. The molecule has 3 heterocycles. The van der Waals surface area contributed by atoms with Crippen molar-refractivity contribution in [3.63, 3.8) is 0 Å². The number of aromatic amines is 1. The van der Waals surface area contributed by atoms with Crippen molar-refractivity contribution in [3.05, 3.63) is 58.6 Å². The first-order valence-corrected chi connectivity index (χ1v) is 11.8. The molecule has 0 bridgehead atoms. The molecule has 1 aromatic carbocycles. The van der Waals surface area contributed by atoms with Gasteiger partial charge >= 0.3 is 0 Å². The Kier molecular flexibility index (Phi) is 5.69. The SMILES string of the molecule is C=S1(=O)N[C@@H](c2ccc(-c3cnc[nH]3)s2)C[C@@H](C(=O)Nc2ccc(F)c(Cl)c2)N1C. The lowest BCUT2D eigenvalue weighted by Gasteiger charge is -2.39. The Labute approximate surface area is 182 Å². The van der Waals surface area contributed by atoms with Gasteiger partial charge in [-0.3, -0.25) is 4.79 Å². The molecule has 158 valence electrons. The fraction of sp³-hybridized carbons (Fsp3) is 0.211. The summed E-state index contributed by atoms with van der Waals surface area (Å²) in [7, 11) is -1.29. The summed E-state index contributed by atoms with van der Waals surface area (Å²) in [5.74, 6) is 2.85. The predicted octanol–water partition coefficient (Wildman–Crippen LogP) is 3.45. The van der Waals surface area contributed by atoms with Crippen LogP contribution in [0.1, 0.15) is 17.3 Å². The molecule has 0 saturated carbocycles. The number of benzene rings is 1. The molecule has 1 saturated heterocycles. The second-order valence-electron chi connectivity index (χ2n) is 6.89. The number of carbonyl (C=O) groups excluding carboxylic acids is 1. The average molecular weight is 468 g/mol. The van der Waals surface area contributed by atoms with Crippen molar-refractivity contribution < 1.29 is 13.4 Å². The van der Waals surface area contributed by atoms with Gasteiger partial charge in [0, 0.05) is 17.6 Å². The van der Waals surface area contributed by atoms with Crippen molar-refractivity contribution in [2.24, 2.45) is 0 Å². The van der Waals surface area contributed by atoms with E-state index in [4.69, 9.17) is 11.6 Å². The topological polar surface area (TPSA) is 90.1 Å². The molecule has 0 aliphatic carbocycles. The number of amides is 1. The van der Waals surface area contributed by atoms with E-state index in [1.54, 1.807) is 19.6 Å². The molecular weight excluding hydrogens is 449 g/mol. The van der Waals surface area contributed by atoms with Gasteiger partial charge in [0.15, 0.2) is 0 Å². The minimum Gasteiger partial charge on any atom is -0.344 e. The summed E-state index contributed by atoms with van der Waals surface area (Å²) in [5.41, 5.74) is 1.25. The zero-order chi connectivity index (χ0) is 21.5. The van der Waals surface area contributed by atoms with E-state index in [0.717, 1.165) is 15.4 Å². The van der Waals surface area contributed by atoms with Crippen molar-refractivity contribution in [2.45, 2.75) is 18.5 Å². The maximum absolute atomic E-state index is 13.4. The van der Waals surface area contributed by atoms with Crippen molar-refractivity contribution in [2.75, 3.05) is 12.4 Å². The van der Waals surface area contributed by atoms with Crippen molar-refractivity contribution in [3.8, 4) is 10.6 Å². The van der Waals surface area contributed by atoms with E-state index in [1.165, 1.54) is 33.8 Å². The highest BCUT2D eigenvalue weighted by molar-refractivity contribution is 7.96. The van der Waals surface area contributed by atoms with Crippen LogP contribution in [0.2, 0.25) is 5.02 Å². The fourth-order valence-corrected chi connectivity index (χ4v) is 5.98. The van der Waals surface area contributed by atoms with Crippen LogP contribution in [-0.2, 0) is 14.7 Å². The number of nitrogens with one attached hydrogen (secondary N) is 3. The van der Waals surface area contributed by atoms with Gasteiger partial charge < -0.3 is 10.3 Å². The molecule has 7 nitrogen and oxygen atoms in total. The third kappa shape index (κ3) is 4.14. The van der Waals surface area contributed by atoms with Gasteiger partial charge in [-0.2, -0.15) is 0 Å². The Morgan fingerprint density at radius 3 is 2.93 bits per heavy atom. The first-order chi connectivity index (χ1) is 14.2. The fourth-order valence-electron chi connectivity index (χ4n) is 3.25. The monoisotopic (exact) mass is 467 g/mol. The summed E-state index contributed by atoms with van der Waals surface area (Å²) in [4.78, 5) is 22.0. The lowest BCUT2D eigenvalue weighted by Crippen LogP contribution is -2.55. The number of hydrogen-bond acceptors (Lipinski definition) is 4. The number of hydrogen-bond donors (Lipinski definition) is 3. The van der Waals surface area contributed by atoms with Crippen LogP contribution in [0.4, 0.5) is 10.1 Å². The molecule has 3 aromatic rings. The number of likely N-dealkylation sites (N-methyl/N-ethyl adjacent to an activating group) is 1. The molecule has 0 radical (unpaired) electrons. The average Bonchev–Trinajstić information content (AvgIpc) is 3.38. The first-order valence-electron chi connectivity index (χ1n) is 8.96. The van der Waals surface area contributed by atoms with Crippen LogP contribution in [0, 0.1) is 5.82 Å². The van der Waals surface area contributed by atoms with E-state index >= 15 is 0 Å². The molecule has 1 amide bonds. The standard InChI is InChI=1S/C19H19ClFN5O2S2/c1-26-16(19(27)24-11-3-4-13(21)12(20)7-11)8-14(25-30(26,2)28)17-5-6-18(29-17)15-9-22-10-23-15/h3-7,9-10,14,16H,2,8H2,1H3,(H,22,23)(H,24,27)(H,25,28)/t14-,16+,30?/m1/s1. The molecule has 1 aliphatic rings. The lowest BCUT2D eigenvalue weighted by atomic mass is 10.1. The number of H-pyrrole nitrogens is 1. The summed E-state index contributed by atoms with van der Waals surface area (Å²) < 4.78 is 30.9. The molecule has 4 rings (SSSR count). The molecular formula is C19H19ClFN5O2S2. The molecule has 1 fully saturated rings. The first kappa shape index (κ1) is 21.0. The van der Waals surface area contributed by atoms with Gasteiger partial charge in [0.25, 0.3) is 0 Å². The number of rotatable bonds is 4. The van der Waals surface area contributed by atoms with E-state index in [-0.39, 0.29) is 17.0 Å². The molecule has 1 unspecified atom stereocenters. The molecule has 0 spiro atoms. The van der Waals surface area contributed by atoms with Gasteiger partial charge in [0.2, 0.25) is 5.91 Å². The zero-order valence-corrected chi connectivity index (χ0v) is 18.3. The molecule has 11 heteroatoms. The Hall–Kier alpha value is -2.24. The highest BCUT2D eigenvalue weighted by atomic mass is 35.5. The van der Waals surface area contributed by atoms with Gasteiger partial charge in [-0.05, 0) is 42.6 Å². The Morgan fingerprint density at radius 1 is 1.43 bits per heavy atom. The number of thiophene rings is 1. The number of nitrogens with zero attached hydrogens (tertiary/aromatic N) is 2. The molecule has 30 heavy (non-hydrogen) atoms. The van der Waals surface area contributed by atoms with Crippen LogP contribution in [0.3, 0.4) is 0 Å². The quantitative estimate of drug-likeness (QED) is 0.513. The largest absolute Gasteiger partial charge is 0.344 e. The minimum absolute atomic E-state index is 0.0878. The number of anilines is 1. The highest BCUT2D eigenvalue weighted by Crippen LogP contribution is 2.35. The van der Waals surface area contributed by atoms with Gasteiger partial charge in [-0.25, -0.2) is 22.6 Å². The second-order valence-corrected chi connectivity index (χ2v) is 10.5. The van der Waals surface area contributed by atoms with Gasteiger partial charge in [-0.1, -0.05) is 11.6 Å². The molecule has 1 aliphatic heterocycles. The molecule has 3 atom stereocenters. The lowest BCUT2D eigenvalue weighted by molar-refractivity contribution is -0.120. The summed E-state index contributed by atoms with van der Waals surface area (Å²) in [6.07, 6.45) is 3.71. The van der Waals surface area contributed by atoms with Crippen LogP contribution in [0.5, 0.6) is 0 Å². The predicted molar refractivity (Wildman–Crippen MR) is 119 cm³/mol. The maximum Gasteiger partial charge on any atom is 0.242 e. The van der Waals surface area contributed by atoms with Crippen molar-refractivity contribution >= 4 is 50.3 Å². The number of imidazole rings is 1. The summed E-state index contributed by atoms with van der Waals surface area (Å²) in [6.45, 7) is 0. The number of aromatic nitrogens is 2. The van der Waals surface area contributed by atoms with Crippen LogP contribution < -0.4 is 10.0 Å². The minimum atomic E-state index is -2.88. The summed E-state index contributed by atoms with van der Waals surface area (Å²) in [6, 6.07) is 6.81. The van der Waals surface area contributed by atoms with Crippen molar-refractivity contribution in [1.29, 1.82) is 0 Å². The molecule has 2 aromatic heterocycles. The highest BCUT2D eigenvalue weighted by Gasteiger charge is 2.38. The van der Waals surface area contributed by atoms with Crippen LogP contribution in [-0.4, -0.2) is 43.3 Å². The van der Waals surface area contributed by atoms with E-state index in [9.17, 15) is 13.4 Å². The number of halogens is 2. The summed E-state index contributed by atoms with van der Waals surface area (Å²) in [5, 5.41) is 2.64. The van der Waals surface area contributed by atoms with Crippen LogP contribution in [0.25, 0.3) is 10.6 Å². The zero-order valence-electron chi connectivity index (χ0n) is 15.9. The Bertz CT molecular complexity index is 1180. The Balaban J connectivity index is 1.57. The maximum atomic E-state index is 13.4. The smallest absolute Gasteiger partial charge is 0.242 e. The van der Waals surface area contributed by atoms with Crippen molar-refractivity contribution in [1.82, 2.24) is 19.0 Å². The van der Waals surface area contributed by atoms with E-state index in [1.807, 2.05) is 12.1 Å². The van der Waals surface area contributed by atoms with Crippen LogP contribution in [0.15, 0.2) is 42.9 Å². The Morgan fingerprint density at radius 2 is 2.23 bits per heavy atom. The normalized spacial score (nSPS) is 24.6. The van der Waals surface area contributed by atoms with Gasteiger partial charge in [-0.15, -0.1) is 11.3 Å². The second kappa shape index (κ2) is 8.12. The van der Waals surface area contributed by atoms with E-state index in [0.29, 0.717) is 12.1 Å². The number of carbonyl (C=O) groups is 1. The molecule has 3 N–H and O–H groups in total. The van der Waals surface area contributed by atoms with Gasteiger partial charge in [0.05, 0.1) is 44.1 Å². The van der Waals surface area contributed by atoms with E-state index in [2.05, 4.69) is 25.9 Å².